The van der Waals surface area contributed by atoms with E-state index in [-0.39, 0.29) is 30.1 Å². The van der Waals surface area contributed by atoms with Gasteiger partial charge >= 0.3 is 12.1 Å². The molecule has 0 fully saturated rings. The number of aromatic nitrogens is 1. The number of oxazole rings is 1. The van der Waals surface area contributed by atoms with Gasteiger partial charge in [0.2, 0.25) is 0 Å². The summed E-state index contributed by atoms with van der Waals surface area (Å²) in [6.45, 7) is -1.51. The second kappa shape index (κ2) is 5.49. The first kappa shape index (κ1) is 14.3. The van der Waals surface area contributed by atoms with Gasteiger partial charge in [0.15, 0.2) is 11.5 Å². The molecule has 0 aliphatic carbocycles. The van der Waals surface area contributed by atoms with Crippen molar-refractivity contribution in [3.05, 3.63) is 29.7 Å². The number of rotatable bonds is 5. The summed E-state index contributed by atoms with van der Waals surface area (Å²) in [7, 11) is 0. The van der Waals surface area contributed by atoms with E-state index in [1.807, 2.05) is 0 Å². The van der Waals surface area contributed by atoms with Gasteiger partial charge < -0.3 is 14.3 Å². The quantitative estimate of drug-likeness (QED) is 0.857. The summed E-state index contributed by atoms with van der Waals surface area (Å²) in [5.74, 6) is -0.900. The van der Waals surface area contributed by atoms with E-state index < -0.39 is 18.8 Å². The number of nitrogens with zero attached hydrogens (tertiary/aromatic N) is 1. The summed E-state index contributed by atoms with van der Waals surface area (Å²) < 4.78 is 45.2. The van der Waals surface area contributed by atoms with Crippen LogP contribution in [0.4, 0.5) is 13.2 Å². The van der Waals surface area contributed by atoms with Gasteiger partial charge in [-0.15, -0.1) is 0 Å². The van der Waals surface area contributed by atoms with Crippen molar-refractivity contribution in [1.29, 1.82) is 0 Å². The number of benzene rings is 1. The smallest absolute Gasteiger partial charge is 0.411 e. The molecule has 0 saturated heterocycles. The van der Waals surface area contributed by atoms with Crippen LogP contribution in [0.1, 0.15) is 16.2 Å². The van der Waals surface area contributed by atoms with E-state index in [1.165, 1.54) is 18.2 Å². The van der Waals surface area contributed by atoms with E-state index >= 15 is 0 Å². The Labute approximate surface area is 111 Å². The Morgan fingerprint density at radius 3 is 2.80 bits per heavy atom. The zero-order valence-electron chi connectivity index (χ0n) is 10.1. The van der Waals surface area contributed by atoms with E-state index in [1.54, 1.807) is 0 Å². The summed E-state index contributed by atoms with van der Waals surface area (Å²) in [5.41, 5.74) is 0.769. The van der Waals surface area contributed by atoms with Gasteiger partial charge in [0, 0.05) is 6.42 Å². The van der Waals surface area contributed by atoms with E-state index in [0.717, 1.165) is 0 Å². The van der Waals surface area contributed by atoms with Crippen LogP contribution in [0.15, 0.2) is 22.6 Å². The highest BCUT2D eigenvalue weighted by Crippen LogP contribution is 2.18. The van der Waals surface area contributed by atoms with Gasteiger partial charge in [0.05, 0.1) is 12.2 Å². The van der Waals surface area contributed by atoms with Gasteiger partial charge in [-0.2, -0.15) is 13.2 Å². The highest BCUT2D eigenvalue weighted by Gasteiger charge is 2.27. The van der Waals surface area contributed by atoms with E-state index in [4.69, 9.17) is 9.52 Å². The Morgan fingerprint density at radius 2 is 2.15 bits per heavy atom. The first-order valence-corrected chi connectivity index (χ1v) is 5.62. The van der Waals surface area contributed by atoms with E-state index in [2.05, 4.69) is 9.72 Å². The van der Waals surface area contributed by atoms with Gasteiger partial charge in [0.25, 0.3) is 0 Å². The Morgan fingerprint density at radius 1 is 1.40 bits per heavy atom. The minimum absolute atomic E-state index is 0.0496. The second-order valence-electron chi connectivity index (χ2n) is 4.01. The number of fused-ring (bicyclic) bond motifs is 1. The summed E-state index contributed by atoms with van der Waals surface area (Å²) in [4.78, 5) is 14.8. The molecule has 0 bridgehead atoms. The molecular weight excluding hydrogens is 279 g/mol. The summed E-state index contributed by atoms with van der Waals surface area (Å²) in [6, 6.07) is 4.16. The SMILES string of the molecule is O=C(O)c1ccc2nc(CCOCC(F)(F)F)oc2c1. The largest absolute Gasteiger partial charge is 0.478 e. The lowest BCUT2D eigenvalue weighted by molar-refractivity contribution is -0.173. The van der Waals surface area contributed by atoms with Crippen LogP contribution in [-0.2, 0) is 11.2 Å². The number of halogens is 3. The lowest BCUT2D eigenvalue weighted by atomic mass is 10.2. The van der Waals surface area contributed by atoms with Crippen molar-refractivity contribution in [2.75, 3.05) is 13.2 Å². The zero-order chi connectivity index (χ0) is 14.8. The lowest BCUT2D eigenvalue weighted by Crippen LogP contribution is -2.17. The average Bonchev–Trinajstić information content (AvgIpc) is 2.75. The molecule has 1 N–H and O–H groups in total. The minimum Gasteiger partial charge on any atom is -0.478 e. The molecule has 1 aromatic carbocycles. The van der Waals surface area contributed by atoms with Crippen LogP contribution in [0.25, 0.3) is 11.1 Å². The monoisotopic (exact) mass is 289 g/mol. The average molecular weight is 289 g/mol. The number of carboxylic acids is 1. The highest BCUT2D eigenvalue weighted by atomic mass is 19.4. The molecule has 20 heavy (non-hydrogen) atoms. The molecule has 0 spiro atoms. The van der Waals surface area contributed by atoms with Gasteiger partial charge in [-0.3, -0.25) is 0 Å². The Bertz CT molecular complexity index is 621. The van der Waals surface area contributed by atoms with Crippen LogP contribution in [0, 0.1) is 0 Å². The van der Waals surface area contributed by atoms with Crippen LogP contribution in [0.2, 0.25) is 0 Å². The fraction of sp³-hybridized carbons (Fsp3) is 0.333. The molecule has 0 amide bonds. The van der Waals surface area contributed by atoms with Crippen molar-refractivity contribution < 1.29 is 32.2 Å². The highest BCUT2D eigenvalue weighted by molar-refractivity contribution is 5.91. The fourth-order valence-corrected chi connectivity index (χ4v) is 1.56. The van der Waals surface area contributed by atoms with E-state index in [0.29, 0.717) is 5.52 Å². The molecule has 0 aliphatic rings. The topological polar surface area (TPSA) is 72.6 Å². The second-order valence-corrected chi connectivity index (χ2v) is 4.01. The molecule has 8 heteroatoms. The summed E-state index contributed by atoms with van der Waals surface area (Å²) in [6.07, 6.45) is -4.29. The molecule has 1 aromatic heterocycles. The van der Waals surface area contributed by atoms with Gasteiger partial charge in [0.1, 0.15) is 12.1 Å². The van der Waals surface area contributed by atoms with Crippen LogP contribution in [0.3, 0.4) is 0 Å². The van der Waals surface area contributed by atoms with Crippen LogP contribution >= 0.6 is 0 Å². The minimum atomic E-state index is -4.36. The maximum atomic E-state index is 11.8. The van der Waals surface area contributed by atoms with Crippen molar-refractivity contribution in [2.24, 2.45) is 0 Å². The number of ether oxygens (including phenoxy) is 1. The lowest BCUT2D eigenvalue weighted by Gasteiger charge is -2.05. The normalized spacial score (nSPS) is 11.9. The third-order valence-electron chi connectivity index (χ3n) is 2.41. The van der Waals surface area contributed by atoms with Crippen LogP contribution < -0.4 is 0 Å². The van der Waals surface area contributed by atoms with Gasteiger partial charge in [-0.1, -0.05) is 0 Å². The third-order valence-corrected chi connectivity index (χ3v) is 2.41. The Kier molecular flexibility index (Phi) is 3.93. The van der Waals surface area contributed by atoms with Crippen molar-refractivity contribution in [2.45, 2.75) is 12.6 Å². The van der Waals surface area contributed by atoms with Gasteiger partial charge in [-0.05, 0) is 18.2 Å². The standard InChI is InChI=1S/C12H10F3NO4/c13-12(14,15)6-19-4-3-10-16-8-2-1-7(11(17)18)5-9(8)20-10/h1-2,5H,3-4,6H2,(H,17,18). The third kappa shape index (κ3) is 3.70. The van der Waals surface area contributed by atoms with Crippen molar-refractivity contribution in [3.8, 4) is 0 Å². The number of carboxylic acid groups (broad SMARTS) is 1. The van der Waals surface area contributed by atoms with Crippen LogP contribution in [0.5, 0.6) is 0 Å². The van der Waals surface area contributed by atoms with Crippen molar-refractivity contribution >= 4 is 17.1 Å². The number of aromatic carboxylic acids is 1. The van der Waals surface area contributed by atoms with Gasteiger partial charge in [-0.25, -0.2) is 9.78 Å². The molecule has 2 aromatic rings. The molecule has 0 saturated carbocycles. The first-order valence-electron chi connectivity index (χ1n) is 5.62. The number of hydrogen-bond acceptors (Lipinski definition) is 4. The fourth-order valence-electron chi connectivity index (χ4n) is 1.56. The molecule has 0 aliphatic heterocycles. The molecular formula is C12H10F3NO4. The first-order chi connectivity index (χ1) is 9.35. The predicted molar refractivity (Wildman–Crippen MR) is 61.5 cm³/mol. The Hall–Kier alpha value is -2.09. The molecule has 0 atom stereocenters. The molecule has 108 valence electrons. The van der Waals surface area contributed by atoms with Crippen molar-refractivity contribution in [1.82, 2.24) is 4.98 Å². The molecule has 5 nitrogen and oxygen atoms in total. The number of hydrogen-bond donors (Lipinski definition) is 1. The summed E-state index contributed by atoms with van der Waals surface area (Å²) >= 11 is 0. The number of carbonyl (C=O) groups is 1. The maximum absolute atomic E-state index is 11.8. The number of alkyl halides is 3. The molecule has 0 unspecified atom stereocenters. The van der Waals surface area contributed by atoms with Crippen molar-refractivity contribution in [3.63, 3.8) is 0 Å². The molecule has 0 radical (unpaired) electrons. The molecule has 2 rings (SSSR count). The van der Waals surface area contributed by atoms with E-state index in [9.17, 15) is 18.0 Å². The zero-order valence-corrected chi connectivity index (χ0v) is 10.1. The summed E-state index contributed by atoms with van der Waals surface area (Å²) in [5, 5.41) is 8.81. The van der Waals surface area contributed by atoms with Crippen LogP contribution in [-0.4, -0.2) is 35.4 Å². The Balaban J connectivity index is 1.99. The predicted octanol–water partition coefficient (Wildman–Crippen LogP) is 2.65. The maximum Gasteiger partial charge on any atom is 0.411 e. The molecule has 1 heterocycles.